The molecule has 4 N–H and O–H groups in total. The largest absolute Gasteiger partial charge is 0.439 e. The van der Waals surface area contributed by atoms with Crippen LogP contribution in [-0.2, 0) is 20.2 Å². The van der Waals surface area contributed by atoms with Crippen molar-refractivity contribution in [3.63, 3.8) is 0 Å². The zero-order chi connectivity index (χ0) is 30.2. The smallest absolute Gasteiger partial charge is 0.408 e. The summed E-state index contributed by atoms with van der Waals surface area (Å²) >= 11 is 0. The molecule has 3 amide bonds. The lowest BCUT2D eigenvalue weighted by Crippen LogP contribution is -2.52. The summed E-state index contributed by atoms with van der Waals surface area (Å²) in [6.07, 6.45) is -1.88. The number of alkyl carbamates (subject to hydrolysis) is 1. The first-order valence-corrected chi connectivity index (χ1v) is 14.1. The summed E-state index contributed by atoms with van der Waals surface area (Å²) in [5, 5.41) is 17.7. The number of aliphatic hydroxyl groups excluding tert-OH is 1. The first-order valence-electron chi connectivity index (χ1n) is 14.1. The topological polar surface area (TPSA) is 117 Å². The van der Waals surface area contributed by atoms with E-state index in [-0.39, 0.29) is 36.1 Å². The fourth-order valence-electron chi connectivity index (χ4n) is 5.02. The van der Waals surface area contributed by atoms with Gasteiger partial charge in [-0.05, 0) is 48.3 Å². The molecule has 2 aromatic carbocycles. The number of halogens is 2. The van der Waals surface area contributed by atoms with Crippen molar-refractivity contribution < 1.29 is 33.0 Å². The lowest BCUT2D eigenvalue weighted by molar-refractivity contribution is -0.136. The third-order valence-corrected chi connectivity index (χ3v) is 7.17. The van der Waals surface area contributed by atoms with Crippen molar-refractivity contribution in [2.75, 3.05) is 13.2 Å². The maximum absolute atomic E-state index is 15.8. The van der Waals surface area contributed by atoms with Crippen LogP contribution < -0.4 is 16.0 Å². The van der Waals surface area contributed by atoms with Crippen LogP contribution in [0.3, 0.4) is 0 Å². The summed E-state index contributed by atoms with van der Waals surface area (Å²) in [5.41, 5.74) is 1.10. The van der Waals surface area contributed by atoms with Gasteiger partial charge in [0.2, 0.25) is 11.8 Å². The number of hydrogen-bond acceptors (Lipinski definition) is 5. The Morgan fingerprint density at radius 3 is 2.32 bits per heavy atom. The van der Waals surface area contributed by atoms with Gasteiger partial charge < -0.3 is 25.8 Å². The van der Waals surface area contributed by atoms with E-state index < -0.39 is 48.6 Å². The predicted octanol–water partition coefficient (Wildman–Crippen LogP) is 4.61. The van der Waals surface area contributed by atoms with Crippen molar-refractivity contribution in [2.24, 2.45) is 17.8 Å². The Labute approximate surface area is 240 Å². The van der Waals surface area contributed by atoms with E-state index in [4.69, 9.17) is 4.74 Å². The van der Waals surface area contributed by atoms with Crippen LogP contribution >= 0.6 is 0 Å². The molecule has 0 aliphatic carbocycles. The van der Waals surface area contributed by atoms with Gasteiger partial charge in [0, 0.05) is 18.0 Å². The quantitative estimate of drug-likeness (QED) is 0.279. The fourth-order valence-corrected chi connectivity index (χ4v) is 5.02. The van der Waals surface area contributed by atoms with Gasteiger partial charge in [-0.3, -0.25) is 9.59 Å². The number of alkyl halides is 2. The van der Waals surface area contributed by atoms with Gasteiger partial charge in [0.05, 0.1) is 12.6 Å². The second-order valence-electron chi connectivity index (χ2n) is 11.4. The van der Waals surface area contributed by atoms with E-state index >= 15 is 8.78 Å². The molecule has 41 heavy (non-hydrogen) atoms. The van der Waals surface area contributed by atoms with Crippen LogP contribution in [0.1, 0.15) is 52.5 Å². The van der Waals surface area contributed by atoms with Crippen molar-refractivity contribution >= 4 is 17.9 Å². The van der Waals surface area contributed by atoms with Crippen LogP contribution in [0.25, 0.3) is 11.1 Å². The molecule has 0 bridgehead atoms. The minimum absolute atomic E-state index is 0.0256. The molecule has 8 nitrogen and oxygen atoms in total. The Kier molecular flexibility index (Phi) is 11.2. The normalized spacial score (nSPS) is 17.6. The Bertz CT molecular complexity index is 1180. The van der Waals surface area contributed by atoms with Crippen molar-refractivity contribution in [1.82, 2.24) is 16.0 Å². The van der Waals surface area contributed by atoms with E-state index in [1.54, 1.807) is 12.1 Å². The Morgan fingerprint density at radius 1 is 1.05 bits per heavy atom. The summed E-state index contributed by atoms with van der Waals surface area (Å²) < 4.78 is 37.0. The number of benzene rings is 2. The molecular formula is C31H41F2N3O5. The minimum Gasteiger partial charge on any atom is -0.439 e. The molecule has 1 heterocycles. The Balaban J connectivity index is 1.72. The van der Waals surface area contributed by atoms with Crippen molar-refractivity contribution in [3.8, 4) is 11.1 Å². The molecule has 1 aliphatic heterocycles. The SMILES string of the molecule is CC(C)C[C@H](NC(=O)O[C@@H](C(C)C)C(F)(F)c1cccc(-c2ccccc2)c1)C(=O)N[C@H](CO)C[C@@H]1CCNC1=O. The molecular weight excluding hydrogens is 532 g/mol. The van der Waals surface area contributed by atoms with E-state index in [0.717, 1.165) is 5.56 Å². The highest BCUT2D eigenvalue weighted by molar-refractivity contribution is 5.86. The van der Waals surface area contributed by atoms with E-state index in [2.05, 4.69) is 16.0 Å². The second-order valence-corrected chi connectivity index (χ2v) is 11.4. The number of carbonyl (C=O) groups is 3. The number of aliphatic hydroxyl groups is 1. The zero-order valence-corrected chi connectivity index (χ0v) is 24.0. The number of amides is 3. The monoisotopic (exact) mass is 573 g/mol. The number of nitrogens with one attached hydrogen (secondary N) is 3. The minimum atomic E-state index is -3.52. The van der Waals surface area contributed by atoms with Crippen molar-refractivity contribution in [2.45, 2.75) is 71.1 Å². The highest BCUT2D eigenvalue weighted by atomic mass is 19.3. The van der Waals surface area contributed by atoms with Crippen LogP contribution in [-0.4, -0.2) is 54.4 Å². The van der Waals surface area contributed by atoms with Gasteiger partial charge in [-0.15, -0.1) is 0 Å². The number of carbonyl (C=O) groups excluding carboxylic acids is 3. The van der Waals surface area contributed by atoms with E-state index in [1.165, 1.54) is 26.0 Å². The van der Waals surface area contributed by atoms with Crippen LogP contribution in [0, 0.1) is 17.8 Å². The molecule has 4 atom stereocenters. The average molecular weight is 574 g/mol. The highest BCUT2D eigenvalue weighted by Gasteiger charge is 2.46. The molecule has 0 saturated carbocycles. The first kappa shape index (κ1) is 32.0. The molecule has 0 spiro atoms. The standard InChI is InChI=1S/C31H41F2N3O5/c1-19(2)15-26(29(39)35-25(18-37)17-23-13-14-34-28(23)38)36-30(40)41-27(20(3)4)31(32,33)24-12-8-11-22(16-24)21-9-6-5-7-10-21/h5-12,16,19-20,23,25-27,37H,13-15,17-18H2,1-4H3,(H,34,38)(H,35,39)(H,36,40)/t23-,25-,26-,27-/m0/s1. The highest BCUT2D eigenvalue weighted by Crippen LogP contribution is 2.38. The third kappa shape index (κ3) is 8.73. The second kappa shape index (κ2) is 14.4. The predicted molar refractivity (Wildman–Crippen MR) is 152 cm³/mol. The van der Waals surface area contributed by atoms with Crippen molar-refractivity contribution in [1.29, 1.82) is 0 Å². The molecule has 2 aromatic rings. The number of ether oxygens (including phenoxy) is 1. The van der Waals surface area contributed by atoms with Crippen LogP contribution in [0.4, 0.5) is 13.6 Å². The van der Waals surface area contributed by atoms with Crippen LogP contribution in [0.2, 0.25) is 0 Å². The number of hydrogen-bond donors (Lipinski definition) is 4. The summed E-state index contributed by atoms with van der Waals surface area (Å²) in [6, 6.07) is 13.3. The summed E-state index contributed by atoms with van der Waals surface area (Å²) in [4.78, 5) is 38.0. The van der Waals surface area contributed by atoms with E-state index in [9.17, 15) is 19.5 Å². The van der Waals surface area contributed by atoms with Gasteiger partial charge in [-0.25, -0.2) is 4.79 Å². The maximum Gasteiger partial charge on any atom is 0.408 e. The lowest BCUT2D eigenvalue weighted by Gasteiger charge is -2.31. The molecule has 10 heteroatoms. The molecule has 0 aromatic heterocycles. The summed E-state index contributed by atoms with van der Waals surface area (Å²) in [5.74, 6) is -5.34. The Hall–Kier alpha value is -3.53. The molecule has 1 aliphatic rings. The molecule has 3 rings (SSSR count). The molecule has 0 radical (unpaired) electrons. The van der Waals surface area contributed by atoms with Gasteiger partial charge in [-0.2, -0.15) is 8.78 Å². The Morgan fingerprint density at radius 2 is 1.73 bits per heavy atom. The first-order chi connectivity index (χ1) is 19.4. The van der Waals surface area contributed by atoms with Gasteiger partial charge in [0.25, 0.3) is 0 Å². The van der Waals surface area contributed by atoms with E-state index in [0.29, 0.717) is 18.5 Å². The van der Waals surface area contributed by atoms with Gasteiger partial charge >= 0.3 is 12.0 Å². The molecule has 0 unspecified atom stereocenters. The molecule has 1 fully saturated rings. The van der Waals surface area contributed by atoms with Crippen LogP contribution in [0.15, 0.2) is 54.6 Å². The zero-order valence-electron chi connectivity index (χ0n) is 24.0. The van der Waals surface area contributed by atoms with Crippen molar-refractivity contribution in [3.05, 3.63) is 60.2 Å². The van der Waals surface area contributed by atoms with Crippen LogP contribution in [0.5, 0.6) is 0 Å². The lowest BCUT2D eigenvalue weighted by atomic mass is 9.92. The number of rotatable bonds is 13. The van der Waals surface area contributed by atoms with Gasteiger partial charge in [-0.1, -0.05) is 76.2 Å². The van der Waals surface area contributed by atoms with E-state index in [1.807, 2.05) is 44.2 Å². The summed E-state index contributed by atoms with van der Waals surface area (Å²) in [6.45, 7) is 6.93. The summed E-state index contributed by atoms with van der Waals surface area (Å²) in [7, 11) is 0. The maximum atomic E-state index is 15.8. The van der Waals surface area contributed by atoms with Gasteiger partial charge in [0.15, 0.2) is 6.10 Å². The fraction of sp³-hybridized carbons (Fsp3) is 0.516. The average Bonchev–Trinajstić information content (AvgIpc) is 3.34. The molecule has 224 valence electrons. The molecule has 1 saturated heterocycles. The third-order valence-electron chi connectivity index (χ3n) is 7.17. The van der Waals surface area contributed by atoms with Gasteiger partial charge in [0.1, 0.15) is 6.04 Å².